The highest BCUT2D eigenvalue weighted by molar-refractivity contribution is 5.60. The van der Waals surface area contributed by atoms with Gasteiger partial charge in [-0.15, -0.1) is 0 Å². The minimum Gasteiger partial charge on any atom is -0.432 e. The summed E-state index contributed by atoms with van der Waals surface area (Å²) in [5.41, 5.74) is 1.65. The van der Waals surface area contributed by atoms with Crippen molar-refractivity contribution in [3.8, 4) is 0 Å². The fourth-order valence-electron chi connectivity index (χ4n) is 13.4. The monoisotopic (exact) mass is 692 g/mol. The van der Waals surface area contributed by atoms with Gasteiger partial charge < -0.3 is 44.5 Å². The van der Waals surface area contributed by atoms with Gasteiger partial charge in [-0.05, 0) is 122 Å². The van der Waals surface area contributed by atoms with Crippen molar-refractivity contribution in [2.75, 3.05) is 26.4 Å². The van der Waals surface area contributed by atoms with E-state index in [1.807, 2.05) is 0 Å². The number of fused-ring (bicyclic) bond motifs is 7. The standard InChI is InChI=1S/C39H64O10/c1-22(2)23-10-15-39(21-41)17-16-37(6)24(29(23)39)8-9-27-36(5)13-12-28(35(3,4)26(36)11-14-38(27,37)7)49-34(45)47-19-18-46-33-32(44)31(43)30(42)25(20-40)48-33/h23-33,40-44H,1,8-21H2,2-7H3/t23-,24?,25+,26?,27?,28-,29?,30+,31-,32+,33+,36-,37+,38+,39+/m0/s1. The molecule has 5 N–H and O–H groups in total. The Morgan fingerprint density at radius 1 is 0.816 bits per heavy atom. The van der Waals surface area contributed by atoms with Crippen LogP contribution in [0.3, 0.4) is 0 Å². The lowest BCUT2D eigenvalue weighted by Crippen LogP contribution is -2.67. The average molecular weight is 693 g/mol. The number of aliphatic hydroxyl groups is 5. The molecule has 6 aliphatic rings. The largest absolute Gasteiger partial charge is 0.508 e. The van der Waals surface area contributed by atoms with Crippen LogP contribution in [0.5, 0.6) is 0 Å². The number of allylic oxidation sites excluding steroid dienone is 1. The van der Waals surface area contributed by atoms with Gasteiger partial charge in [-0.1, -0.05) is 46.8 Å². The van der Waals surface area contributed by atoms with E-state index < -0.39 is 43.5 Å². The molecule has 0 aromatic rings. The van der Waals surface area contributed by atoms with Crippen LogP contribution >= 0.6 is 0 Å². The molecule has 15 atom stereocenters. The smallest absolute Gasteiger partial charge is 0.432 e. The zero-order valence-corrected chi connectivity index (χ0v) is 30.7. The summed E-state index contributed by atoms with van der Waals surface area (Å²) in [4.78, 5) is 12.9. The maximum absolute atomic E-state index is 12.9. The lowest BCUT2D eigenvalue weighted by molar-refractivity contribution is -0.302. The minimum absolute atomic E-state index is 0.0517. The molecular formula is C39H64O10. The molecule has 6 rings (SSSR count). The van der Waals surface area contributed by atoms with Crippen molar-refractivity contribution in [1.82, 2.24) is 0 Å². The molecule has 5 aliphatic carbocycles. The lowest BCUT2D eigenvalue weighted by Gasteiger charge is -2.73. The molecule has 0 radical (unpaired) electrons. The van der Waals surface area contributed by atoms with Crippen molar-refractivity contribution in [2.45, 2.75) is 143 Å². The second kappa shape index (κ2) is 13.3. The fourth-order valence-corrected chi connectivity index (χ4v) is 13.4. The molecule has 280 valence electrons. The van der Waals surface area contributed by atoms with Crippen LogP contribution in [0.25, 0.3) is 0 Å². The Labute approximate surface area is 292 Å². The Hall–Kier alpha value is -1.27. The van der Waals surface area contributed by atoms with E-state index in [1.54, 1.807) is 0 Å². The van der Waals surface area contributed by atoms with Gasteiger partial charge in [0.25, 0.3) is 0 Å². The average Bonchev–Trinajstić information content (AvgIpc) is 3.45. The first-order chi connectivity index (χ1) is 23.0. The van der Waals surface area contributed by atoms with E-state index in [4.69, 9.17) is 18.9 Å². The minimum atomic E-state index is -1.54. The number of ether oxygens (including phenoxy) is 4. The number of carbonyl (C=O) groups excluding carboxylic acids is 1. The highest BCUT2D eigenvalue weighted by Crippen LogP contribution is 2.77. The van der Waals surface area contributed by atoms with Crippen molar-refractivity contribution in [2.24, 2.45) is 56.7 Å². The molecule has 1 saturated heterocycles. The van der Waals surface area contributed by atoms with Gasteiger partial charge in [0.1, 0.15) is 37.1 Å². The van der Waals surface area contributed by atoms with E-state index in [0.717, 1.165) is 44.9 Å². The summed E-state index contributed by atoms with van der Waals surface area (Å²) >= 11 is 0. The SMILES string of the molecule is C=C(C)[C@@H]1CC[C@]2(CO)CC[C@]3(C)C(CCC4[C@@]5(C)CC[C@H](OC(=O)OCCO[C@@H]6O[C@H](CO)[C@@H](O)[C@H](O)[C@H]6O)C(C)(C)C5CC[C@]43C)C12. The van der Waals surface area contributed by atoms with Gasteiger partial charge in [0.05, 0.1) is 13.2 Å². The molecule has 4 unspecified atom stereocenters. The summed E-state index contributed by atoms with van der Waals surface area (Å²) in [5, 5.41) is 50.3. The number of carbonyl (C=O) groups is 1. The van der Waals surface area contributed by atoms with Crippen LogP contribution in [0.1, 0.15) is 106 Å². The molecular weight excluding hydrogens is 628 g/mol. The normalized spacial score (nSPS) is 50.3. The molecule has 0 spiro atoms. The zero-order chi connectivity index (χ0) is 35.7. The van der Waals surface area contributed by atoms with Crippen LogP contribution in [0, 0.1) is 56.7 Å². The van der Waals surface area contributed by atoms with Crippen molar-refractivity contribution in [1.29, 1.82) is 0 Å². The Balaban J connectivity index is 1.09. The first-order valence-electron chi connectivity index (χ1n) is 19.0. The predicted molar refractivity (Wildman–Crippen MR) is 182 cm³/mol. The van der Waals surface area contributed by atoms with Crippen LogP contribution in [0.15, 0.2) is 12.2 Å². The molecule has 0 amide bonds. The van der Waals surface area contributed by atoms with E-state index in [2.05, 4.69) is 48.1 Å². The van der Waals surface area contributed by atoms with Crippen LogP contribution in [-0.2, 0) is 18.9 Å². The summed E-state index contributed by atoms with van der Waals surface area (Å²) in [6.45, 7) is 18.4. The van der Waals surface area contributed by atoms with Crippen LogP contribution in [0.4, 0.5) is 4.79 Å². The topological polar surface area (TPSA) is 155 Å². The van der Waals surface area contributed by atoms with E-state index in [0.29, 0.717) is 36.2 Å². The molecule has 10 heteroatoms. The second-order valence-corrected chi connectivity index (χ2v) is 18.3. The molecule has 49 heavy (non-hydrogen) atoms. The Morgan fingerprint density at radius 2 is 1.55 bits per heavy atom. The van der Waals surface area contributed by atoms with Gasteiger partial charge in [0.15, 0.2) is 6.29 Å². The number of hydrogen-bond acceptors (Lipinski definition) is 10. The van der Waals surface area contributed by atoms with Crippen molar-refractivity contribution in [3.05, 3.63) is 12.2 Å². The van der Waals surface area contributed by atoms with Gasteiger partial charge in [-0.2, -0.15) is 0 Å². The lowest BCUT2D eigenvalue weighted by atomic mass is 9.32. The van der Waals surface area contributed by atoms with Gasteiger partial charge in [0, 0.05) is 12.0 Å². The third kappa shape index (κ3) is 5.73. The molecule has 1 heterocycles. The maximum Gasteiger partial charge on any atom is 0.508 e. The first-order valence-corrected chi connectivity index (χ1v) is 19.0. The van der Waals surface area contributed by atoms with E-state index >= 15 is 0 Å². The van der Waals surface area contributed by atoms with Crippen LogP contribution < -0.4 is 0 Å². The van der Waals surface area contributed by atoms with Gasteiger partial charge >= 0.3 is 6.16 Å². The Bertz CT molecular complexity index is 1240. The van der Waals surface area contributed by atoms with Crippen molar-refractivity contribution < 1.29 is 49.3 Å². The maximum atomic E-state index is 12.9. The van der Waals surface area contributed by atoms with Gasteiger partial charge in [-0.3, -0.25) is 0 Å². The third-order valence-electron chi connectivity index (χ3n) is 16.2. The van der Waals surface area contributed by atoms with Crippen molar-refractivity contribution in [3.63, 3.8) is 0 Å². The van der Waals surface area contributed by atoms with Crippen LogP contribution in [-0.4, -0.2) is 94.9 Å². The summed E-state index contributed by atoms with van der Waals surface area (Å²) in [6, 6.07) is 0. The highest BCUT2D eigenvalue weighted by Gasteiger charge is 2.71. The van der Waals surface area contributed by atoms with E-state index in [-0.39, 0.29) is 46.4 Å². The molecule has 0 bridgehead atoms. The zero-order valence-electron chi connectivity index (χ0n) is 30.7. The summed E-state index contributed by atoms with van der Waals surface area (Å²) in [7, 11) is 0. The molecule has 10 nitrogen and oxygen atoms in total. The quantitative estimate of drug-likeness (QED) is 0.134. The van der Waals surface area contributed by atoms with E-state index in [1.165, 1.54) is 24.8 Å². The van der Waals surface area contributed by atoms with E-state index in [9.17, 15) is 30.3 Å². The Morgan fingerprint density at radius 3 is 2.22 bits per heavy atom. The molecule has 1 aliphatic heterocycles. The number of aliphatic hydroxyl groups excluding tert-OH is 5. The van der Waals surface area contributed by atoms with Crippen LogP contribution in [0.2, 0.25) is 0 Å². The summed E-state index contributed by atoms with van der Waals surface area (Å²) in [6.07, 6.45) is 3.14. The first kappa shape index (κ1) is 37.5. The van der Waals surface area contributed by atoms with Crippen molar-refractivity contribution >= 4 is 6.16 Å². The highest BCUT2D eigenvalue weighted by atomic mass is 16.7. The van der Waals surface area contributed by atoms with Gasteiger partial charge in [0.2, 0.25) is 0 Å². The Kier molecular flexibility index (Phi) is 10.2. The number of hydrogen-bond donors (Lipinski definition) is 5. The molecule has 0 aromatic heterocycles. The summed E-state index contributed by atoms with van der Waals surface area (Å²) in [5.74, 6) is 2.61. The molecule has 5 saturated carbocycles. The third-order valence-corrected chi connectivity index (χ3v) is 16.2. The summed E-state index contributed by atoms with van der Waals surface area (Å²) < 4.78 is 22.2. The van der Waals surface area contributed by atoms with Gasteiger partial charge in [-0.25, -0.2) is 4.79 Å². The second-order valence-electron chi connectivity index (χ2n) is 18.3. The fraction of sp³-hybridized carbons (Fsp3) is 0.923. The molecule has 0 aromatic carbocycles. The predicted octanol–water partition coefficient (Wildman–Crippen LogP) is 4.97. The molecule has 6 fully saturated rings. The number of rotatable bonds is 8.